The largest absolute Gasteiger partial charge is 0.491 e. The monoisotopic (exact) mass is 281 g/mol. The van der Waals surface area contributed by atoms with Crippen molar-refractivity contribution in [2.45, 2.75) is 19.9 Å². The van der Waals surface area contributed by atoms with Gasteiger partial charge in [0.1, 0.15) is 24.2 Å². The molecule has 1 aromatic rings. The summed E-state index contributed by atoms with van der Waals surface area (Å²) >= 11 is 0. The molecule has 0 amide bonds. The highest BCUT2D eigenvalue weighted by atomic mass is 19.1. The molecule has 0 saturated carbocycles. The highest BCUT2D eigenvalue weighted by Gasteiger charge is 2.34. The number of halogens is 1. The lowest BCUT2D eigenvalue weighted by molar-refractivity contribution is 0.00594. The molecule has 1 atom stereocenters. The van der Waals surface area contributed by atoms with Crippen molar-refractivity contribution in [3.8, 4) is 5.75 Å². The second-order valence-electron chi connectivity index (χ2n) is 4.48. The maximum atomic E-state index is 13.1. The van der Waals surface area contributed by atoms with Gasteiger partial charge < -0.3 is 9.47 Å². The molecule has 1 unspecified atom stereocenters. The van der Waals surface area contributed by atoms with Gasteiger partial charge in [0.15, 0.2) is 5.78 Å². The van der Waals surface area contributed by atoms with E-state index in [9.17, 15) is 9.18 Å². The maximum Gasteiger partial charge on any atom is 0.187 e. The molecule has 3 rings (SSSR count). The van der Waals surface area contributed by atoms with E-state index < -0.39 is 0 Å². The first kappa shape index (κ1) is 14.9. The van der Waals surface area contributed by atoms with E-state index in [0.717, 1.165) is 13.1 Å². The molecule has 1 fully saturated rings. The van der Waals surface area contributed by atoms with Crippen LogP contribution in [-0.4, -0.2) is 49.6 Å². The summed E-state index contributed by atoms with van der Waals surface area (Å²) in [5, 5.41) is 0. The molecule has 5 heteroatoms. The molecule has 0 aromatic heterocycles. The Bertz CT molecular complexity index is 472. The Labute approximate surface area is 118 Å². The van der Waals surface area contributed by atoms with Gasteiger partial charge >= 0.3 is 0 Å². The third kappa shape index (κ3) is 2.99. The molecule has 0 N–H and O–H groups in total. The van der Waals surface area contributed by atoms with Crippen LogP contribution in [0.4, 0.5) is 4.39 Å². The van der Waals surface area contributed by atoms with E-state index in [-0.39, 0.29) is 24.2 Å². The van der Waals surface area contributed by atoms with Crippen LogP contribution in [0.5, 0.6) is 5.75 Å². The molecular weight excluding hydrogens is 261 g/mol. The minimum atomic E-state index is -0.383. The Hall–Kier alpha value is -1.46. The summed E-state index contributed by atoms with van der Waals surface area (Å²) < 4.78 is 23.8. The van der Waals surface area contributed by atoms with Crippen LogP contribution >= 0.6 is 0 Å². The van der Waals surface area contributed by atoms with Gasteiger partial charge in [0.2, 0.25) is 0 Å². The molecule has 0 bridgehead atoms. The molecule has 1 saturated heterocycles. The zero-order valence-electron chi connectivity index (χ0n) is 11.9. The van der Waals surface area contributed by atoms with Crippen LogP contribution in [0.15, 0.2) is 18.2 Å². The Morgan fingerprint density at radius 3 is 2.65 bits per heavy atom. The van der Waals surface area contributed by atoms with E-state index in [4.69, 9.17) is 9.47 Å². The second-order valence-corrected chi connectivity index (χ2v) is 4.48. The minimum absolute atomic E-state index is 0.0122. The first-order chi connectivity index (χ1) is 9.75. The van der Waals surface area contributed by atoms with E-state index in [1.54, 1.807) is 0 Å². The maximum absolute atomic E-state index is 13.1. The van der Waals surface area contributed by atoms with Crippen LogP contribution in [0.1, 0.15) is 24.2 Å². The number of carbonyl (C=O) groups is 1. The van der Waals surface area contributed by atoms with Crippen molar-refractivity contribution >= 4 is 5.78 Å². The van der Waals surface area contributed by atoms with Crippen LogP contribution in [-0.2, 0) is 4.74 Å². The number of fused-ring (bicyclic) bond motifs is 1. The smallest absolute Gasteiger partial charge is 0.187 e. The average Bonchev–Trinajstić information content (AvgIpc) is 2.50. The summed E-state index contributed by atoms with van der Waals surface area (Å²) in [4.78, 5) is 14.4. The van der Waals surface area contributed by atoms with Crippen LogP contribution in [0.3, 0.4) is 0 Å². The molecule has 110 valence electrons. The van der Waals surface area contributed by atoms with Gasteiger partial charge in [0, 0.05) is 19.2 Å². The number of ether oxygens (including phenoxy) is 2. The predicted molar refractivity (Wildman–Crippen MR) is 73.8 cm³/mol. The molecule has 2 aliphatic heterocycles. The molecule has 0 spiro atoms. The fraction of sp³-hybridized carbons (Fsp3) is 0.533. The lowest BCUT2D eigenvalue weighted by Gasteiger charge is -2.35. The summed E-state index contributed by atoms with van der Waals surface area (Å²) in [6.45, 7) is 7.03. The fourth-order valence-electron chi connectivity index (χ4n) is 2.40. The van der Waals surface area contributed by atoms with Gasteiger partial charge in [-0.1, -0.05) is 13.8 Å². The van der Waals surface area contributed by atoms with E-state index in [1.807, 2.05) is 13.8 Å². The summed E-state index contributed by atoms with van der Waals surface area (Å²) in [6.07, 6.45) is 0. The van der Waals surface area contributed by atoms with Crippen molar-refractivity contribution in [3.63, 3.8) is 0 Å². The Morgan fingerprint density at radius 2 is 1.95 bits per heavy atom. The summed E-state index contributed by atoms with van der Waals surface area (Å²) in [5.41, 5.74) is 0.471. The van der Waals surface area contributed by atoms with E-state index in [1.165, 1.54) is 18.2 Å². The SMILES string of the molecule is CC.O=C1c2ccc(F)cc2OCC1N1CCOCC1. The molecule has 0 radical (unpaired) electrons. The summed E-state index contributed by atoms with van der Waals surface area (Å²) in [7, 11) is 0. The number of nitrogens with zero attached hydrogens (tertiary/aromatic N) is 1. The fourth-order valence-corrected chi connectivity index (χ4v) is 2.40. The van der Waals surface area contributed by atoms with E-state index in [2.05, 4.69) is 4.90 Å². The van der Waals surface area contributed by atoms with Crippen LogP contribution in [0.25, 0.3) is 0 Å². The van der Waals surface area contributed by atoms with Crippen LogP contribution < -0.4 is 4.74 Å². The predicted octanol–water partition coefficient (Wildman–Crippen LogP) is 2.13. The lowest BCUT2D eigenvalue weighted by atomic mass is 9.99. The van der Waals surface area contributed by atoms with Crippen molar-refractivity contribution in [1.82, 2.24) is 4.90 Å². The topological polar surface area (TPSA) is 38.8 Å². The van der Waals surface area contributed by atoms with Crippen molar-refractivity contribution in [2.75, 3.05) is 32.9 Å². The van der Waals surface area contributed by atoms with Gasteiger partial charge in [-0.05, 0) is 12.1 Å². The van der Waals surface area contributed by atoms with Crippen molar-refractivity contribution < 1.29 is 18.7 Å². The standard InChI is InChI=1S/C13H14FNO3.C2H6/c14-9-1-2-10-12(7-9)18-8-11(13(10)16)15-3-5-17-6-4-15;1-2/h1-2,7,11H,3-6,8H2;1-2H3. The molecule has 4 nitrogen and oxygen atoms in total. The first-order valence-electron chi connectivity index (χ1n) is 7.04. The third-order valence-corrected chi connectivity index (χ3v) is 3.39. The summed E-state index contributed by atoms with van der Waals surface area (Å²) in [6, 6.07) is 3.79. The molecular formula is C15H20FNO3. The highest BCUT2D eigenvalue weighted by Crippen LogP contribution is 2.27. The third-order valence-electron chi connectivity index (χ3n) is 3.39. The Kier molecular flexibility index (Phi) is 5.09. The van der Waals surface area contributed by atoms with Crippen molar-refractivity contribution in [2.24, 2.45) is 0 Å². The average molecular weight is 281 g/mol. The number of hydrogen-bond acceptors (Lipinski definition) is 4. The Balaban J connectivity index is 0.000000704. The van der Waals surface area contributed by atoms with Crippen LogP contribution in [0, 0.1) is 5.82 Å². The van der Waals surface area contributed by atoms with E-state index >= 15 is 0 Å². The quantitative estimate of drug-likeness (QED) is 0.790. The zero-order chi connectivity index (χ0) is 14.5. The number of benzene rings is 1. The zero-order valence-corrected chi connectivity index (χ0v) is 11.9. The van der Waals surface area contributed by atoms with Gasteiger partial charge in [0.05, 0.1) is 18.8 Å². The highest BCUT2D eigenvalue weighted by molar-refractivity contribution is 6.03. The lowest BCUT2D eigenvalue weighted by Crippen LogP contribution is -2.51. The van der Waals surface area contributed by atoms with Gasteiger partial charge in [-0.25, -0.2) is 4.39 Å². The molecule has 2 aliphatic rings. The number of morpholine rings is 1. The number of carbonyl (C=O) groups excluding carboxylic acids is 1. The molecule has 20 heavy (non-hydrogen) atoms. The second kappa shape index (κ2) is 6.81. The minimum Gasteiger partial charge on any atom is -0.491 e. The van der Waals surface area contributed by atoms with Crippen LogP contribution in [0.2, 0.25) is 0 Å². The number of ketones is 1. The molecule has 0 aliphatic carbocycles. The van der Waals surface area contributed by atoms with Gasteiger partial charge in [0.25, 0.3) is 0 Å². The number of rotatable bonds is 1. The Morgan fingerprint density at radius 1 is 1.25 bits per heavy atom. The van der Waals surface area contributed by atoms with Gasteiger partial charge in [-0.2, -0.15) is 0 Å². The normalized spacial score (nSPS) is 22.4. The van der Waals surface area contributed by atoms with Gasteiger partial charge in [-0.15, -0.1) is 0 Å². The van der Waals surface area contributed by atoms with Crippen molar-refractivity contribution in [3.05, 3.63) is 29.6 Å². The first-order valence-corrected chi connectivity index (χ1v) is 7.04. The summed E-state index contributed by atoms with van der Waals surface area (Å²) in [5.74, 6) is -0.0194. The van der Waals surface area contributed by atoms with Crippen molar-refractivity contribution in [1.29, 1.82) is 0 Å². The van der Waals surface area contributed by atoms with E-state index in [0.29, 0.717) is 24.5 Å². The number of hydrogen-bond donors (Lipinski definition) is 0. The van der Waals surface area contributed by atoms with Gasteiger partial charge in [-0.3, -0.25) is 9.69 Å². The molecule has 1 aromatic carbocycles. The number of Topliss-reactive ketones (excluding diaryl/α,β-unsaturated/α-hetero) is 1. The molecule has 2 heterocycles.